The lowest BCUT2D eigenvalue weighted by Gasteiger charge is -1.90. The molecule has 0 aliphatic rings. The Labute approximate surface area is 58.2 Å². The van der Waals surface area contributed by atoms with E-state index >= 15 is 0 Å². The van der Waals surface area contributed by atoms with E-state index < -0.39 is 0 Å². The van der Waals surface area contributed by atoms with Gasteiger partial charge in [0.25, 0.3) is 0 Å². The molecule has 3 heteroatoms. The maximum atomic E-state index is 5.51. The SMILES string of the molecule is C=C(Cl)c1cnccn1. The monoisotopic (exact) mass is 140 g/mol. The van der Waals surface area contributed by atoms with Crippen LogP contribution in [-0.2, 0) is 0 Å². The first kappa shape index (κ1) is 6.23. The minimum Gasteiger partial charge on any atom is -0.261 e. The summed E-state index contributed by atoms with van der Waals surface area (Å²) in [7, 11) is 0. The Morgan fingerprint density at radius 1 is 1.56 bits per heavy atom. The van der Waals surface area contributed by atoms with Crippen molar-refractivity contribution in [1.82, 2.24) is 9.97 Å². The van der Waals surface area contributed by atoms with Crippen LogP contribution in [0.1, 0.15) is 5.69 Å². The van der Waals surface area contributed by atoms with Crippen LogP contribution in [0.3, 0.4) is 0 Å². The molecule has 0 aliphatic heterocycles. The van der Waals surface area contributed by atoms with Gasteiger partial charge in [0.1, 0.15) is 0 Å². The first-order chi connectivity index (χ1) is 4.30. The van der Waals surface area contributed by atoms with Crippen molar-refractivity contribution in [2.45, 2.75) is 0 Å². The smallest absolute Gasteiger partial charge is 0.0992 e. The van der Waals surface area contributed by atoms with E-state index in [0.29, 0.717) is 10.7 Å². The van der Waals surface area contributed by atoms with Gasteiger partial charge in [-0.05, 0) is 0 Å². The van der Waals surface area contributed by atoms with Crippen LogP contribution in [0, 0.1) is 0 Å². The summed E-state index contributed by atoms with van der Waals surface area (Å²) >= 11 is 5.51. The van der Waals surface area contributed by atoms with E-state index in [2.05, 4.69) is 16.5 Å². The third-order valence-electron chi connectivity index (χ3n) is 0.841. The van der Waals surface area contributed by atoms with E-state index in [1.54, 1.807) is 18.6 Å². The molecule has 9 heavy (non-hydrogen) atoms. The molecule has 0 radical (unpaired) electrons. The summed E-state index contributed by atoms with van der Waals surface area (Å²) in [6.07, 6.45) is 4.72. The van der Waals surface area contributed by atoms with Crippen LogP contribution in [0.15, 0.2) is 25.2 Å². The molecule has 0 aromatic carbocycles. The van der Waals surface area contributed by atoms with Gasteiger partial charge in [0.05, 0.1) is 16.9 Å². The Balaban J connectivity index is 2.98. The molecule has 2 nitrogen and oxygen atoms in total. The molecular weight excluding hydrogens is 136 g/mol. The third kappa shape index (κ3) is 1.50. The molecule has 1 rings (SSSR count). The van der Waals surface area contributed by atoms with E-state index in [4.69, 9.17) is 11.6 Å². The molecule has 0 spiro atoms. The maximum Gasteiger partial charge on any atom is 0.0992 e. The van der Waals surface area contributed by atoms with Crippen molar-refractivity contribution in [3.63, 3.8) is 0 Å². The van der Waals surface area contributed by atoms with Gasteiger partial charge in [-0.15, -0.1) is 0 Å². The molecule has 0 aliphatic carbocycles. The second-order valence-corrected chi connectivity index (χ2v) is 1.95. The van der Waals surface area contributed by atoms with Crippen LogP contribution < -0.4 is 0 Å². The van der Waals surface area contributed by atoms with Crippen molar-refractivity contribution in [2.75, 3.05) is 0 Å². The lowest BCUT2D eigenvalue weighted by molar-refractivity contribution is 1.18. The highest BCUT2D eigenvalue weighted by Gasteiger charge is 1.91. The lowest BCUT2D eigenvalue weighted by Crippen LogP contribution is -1.81. The number of rotatable bonds is 1. The lowest BCUT2D eigenvalue weighted by atomic mass is 10.4. The van der Waals surface area contributed by atoms with Gasteiger partial charge in [-0.1, -0.05) is 18.2 Å². The van der Waals surface area contributed by atoms with Gasteiger partial charge in [-0.3, -0.25) is 9.97 Å². The van der Waals surface area contributed by atoms with Crippen LogP contribution in [0.4, 0.5) is 0 Å². The molecule has 0 atom stereocenters. The standard InChI is InChI=1S/C6H5ClN2/c1-5(7)6-4-8-2-3-9-6/h2-4H,1H2. The topological polar surface area (TPSA) is 25.8 Å². The molecule has 0 unspecified atom stereocenters. The summed E-state index contributed by atoms with van der Waals surface area (Å²) < 4.78 is 0. The number of nitrogens with zero attached hydrogens (tertiary/aromatic N) is 2. The minimum absolute atomic E-state index is 0.420. The molecule has 0 saturated heterocycles. The van der Waals surface area contributed by atoms with E-state index in [0.717, 1.165) is 0 Å². The van der Waals surface area contributed by atoms with Crippen LogP contribution >= 0.6 is 11.6 Å². The van der Waals surface area contributed by atoms with Crippen molar-refractivity contribution in [2.24, 2.45) is 0 Å². The average molecular weight is 141 g/mol. The van der Waals surface area contributed by atoms with Crippen LogP contribution in [-0.4, -0.2) is 9.97 Å². The fourth-order valence-electron chi connectivity index (χ4n) is 0.439. The van der Waals surface area contributed by atoms with Crippen LogP contribution in [0.5, 0.6) is 0 Å². The van der Waals surface area contributed by atoms with E-state index in [-0.39, 0.29) is 0 Å². The van der Waals surface area contributed by atoms with E-state index in [1.165, 1.54) is 0 Å². The van der Waals surface area contributed by atoms with Gasteiger partial charge in [-0.25, -0.2) is 0 Å². The Bertz CT molecular complexity index is 208. The van der Waals surface area contributed by atoms with E-state index in [9.17, 15) is 0 Å². The molecule has 0 bridgehead atoms. The predicted molar refractivity (Wildman–Crippen MR) is 36.9 cm³/mol. The van der Waals surface area contributed by atoms with Gasteiger partial charge >= 0.3 is 0 Å². The molecule has 0 fully saturated rings. The highest BCUT2D eigenvalue weighted by molar-refractivity contribution is 6.47. The Morgan fingerprint density at radius 3 is 2.67 bits per heavy atom. The number of aromatic nitrogens is 2. The molecule has 0 N–H and O–H groups in total. The summed E-state index contributed by atoms with van der Waals surface area (Å²) in [5.74, 6) is 0. The second-order valence-electron chi connectivity index (χ2n) is 1.50. The molecule has 1 aromatic heterocycles. The molecule has 0 amide bonds. The van der Waals surface area contributed by atoms with Crippen molar-refractivity contribution in [1.29, 1.82) is 0 Å². The molecule has 1 aromatic rings. The zero-order chi connectivity index (χ0) is 6.69. The summed E-state index contributed by atoms with van der Waals surface area (Å²) in [6.45, 7) is 3.49. The molecule has 0 saturated carbocycles. The van der Waals surface area contributed by atoms with Crippen molar-refractivity contribution < 1.29 is 0 Å². The molecule has 1 heterocycles. The van der Waals surface area contributed by atoms with Gasteiger partial charge in [-0.2, -0.15) is 0 Å². The van der Waals surface area contributed by atoms with Crippen molar-refractivity contribution >= 4 is 16.6 Å². The zero-order valence-corrected chi connectivity index (χ0v) is 5.47. The first-order valence-electron chi connectivity index (χ1n) is 2.41. The molecular formula is C6H5ClN2. The summed E-state index contributed by atoms with van der Waals surface area (Å²) in [5, 5.41) is 0.420. The number of hydrogen-bond acceptors (Lipinski definition) is 2. The Hall–Kier alpha value is -0.890. The Kier molecular flexibility index (Phi) is 1.80. The van der Waals surface area contributed by atoms with Crippen LogP contribution in [0.2, 0.25) is 0 Å². The fourth-order valence-corrected chi connectivity index (χ4v) is 0.537. The highest BCUT2D eigenvalue weighted by atomic mass is 35.5. The third-order valence-corrected chi connectivity index (χ3v) is 1.03. The van der Waals surface area contributed by atoms with Crippen molar-refractivity contribution in [3.05, 3.63) is 30.9 Å². The van der Waals surface area contributed by atoms with Crippen LogP contribution in [0.25, 0.3) is 5.03 Å². The highest BCUT2D eigenvalue weighted by Crippen LogP contribution is 2.09. The van der Waals surface area contributed by atoms with Gasteiger partial charge in [0, 0.05) is 12.4 Å². The number of hydrogen-bond donors (Lipinski definition) is 0. The fraction of sp³-hybridized carbons (Fsp3) is 0. The molecule has 46 valence electrons. The maximum absolute atomic E-state index is 5.51. The summed E-state index contributed by atoms with van der Waals surface area (Å²) in [6, 6.07) is 0. The first-order valence-corrected chi connectivity index (χ1v) is 2.79. The zero-order valence-electron chi connectivity index (χ0n) is 4.71. The minimum atomic E-state index is 0.420. The van der Waals surface area contributed by atoms with Gasteiger partial charge < -0.3 is 0 Å². The number of halogens is 1. The Morgan fingerprint density at radius 2 is 2.33 bits per heavy atom. The average Bonchev–Trinajstić information content (AvgIpc) is 1.90. The summed E-state index contributed by atoms with van der Waals surface area (Å²) in [4.78, 5) is 7.68. The van der Waals surface area contributed by atoms with Gasteiger partial charge in [0.2, 0.25) is 0 Å². The second kappa shape index (κ2) is 2.60. The van der Waals surface area contributed by atoms with Gasteiger partial charge in [0.15, 0.2) is 0 Å². The summed E-state index contributed by atoms with van der Waals surface area (Å²) in [5.41, 5.74) is 0.624. The van der Waals surface area contributed by atoms with Crippen molar-refractivity contribution in [3.8, 4) is 0 Å². The largest absolute Gasteiger partial charge is 0.261 e. The quantitative estimate of drug-likeness (QED) is 0.593. The normalized spacial score (nSPS) is 9.00. The predicted octanol–water partition coefficient (Wildman–Crippen LogP) is 1.69. The van der Waals surface area contributed by atoms with E-state index in [1.807, 2.05) is 0 Å².